The predicted molar refractivity (Wildman–Crippen MR) is 166 cm³/mol. The summed E-state index contributed by atoms with van der Waals surface area (Å²) in [6.07, 6.45) is 2.56. The second-order valence-electron chi connectivity index (χ2n) is 11.9. The number of unbranched alkanes of at least 4 members (excludes halogenated alkanes) is 3. The normalized spacial score (nSPS) is 12.6. The summed E-state index contributed by atoms with van der Waals surface area (Å²) in [5.74, 6) is -1.45. The Bertz CT molecular complexity index is 1240. The molecule has 2 rings (SSSR count). The van der Waals surface area contributed by atoms with E-state index in [1.54, 1.807) is 20.8 Å². The Morgan fingerprint density at radius 2 is 1.64 bits per heavy atom. The molecule has 0 bridgehead atoms. The standard InChI is InChI=1S/C33H48N4O5/c1-8-9-10-13-20-37(31(40)27(18-19-28(34)38)36-32(41)42-33(5,6)7)29(25-21-22(2)16-17-23(25)3)30(39)35-26-15-12-11-14-24(26)4/h11-12,14-17,21,27,29H,8-10,13,18-20H2,1-7H3,(H2,34,38)(H,35,39)(H,36,41). The van der Waals surface area contributed by atoms with E-state index in [1.165, 1.54) is 4.90 Å². The average molecular weight is 581 g/mol. The largest absolute Gasteiger partial charge is 0.444 e. The molecule has 0 aliphatic carbocycles. The molecular weight excluding hydrogens is 532 g/mol. The Morgan fingerprint density at radius 3 is 2.26 bits per heavy atom. The maximum atomic E-state index is 14.4. The van der Waals surface area contributed by atoms with Gasteiger partial charge in [0.05, 0.1) is 0 Å². The van der Waals surface area contributed by atoms with Crippen molar-refractivity contribution in [2.45, 2.75) is 105 Å². The molecule has 42 heavy (non-hydrogen) atoms. The molecule has 0 aliphatic rings. The summed E-state index contributed by atoms with van der Waals surface area (Å²) in [6.45, 7) is 13.3. The van der Waals surface area contributed by atoms with Crippen LogP contribution in [0.5, 0.6) is 0 Å². The van der Waals surface area contributed by atoms with E-state index < -0.39 is 35.6 Å². The fourth-order valence-electron chi connectivity index (χ4n) is 4.69. The molecule has 0 fully saturated rings. The van der Waals surface area contributed by atoms with Crippen molar-refractivity contribution in [1.29, 1.82) is 0 Å². The van der Waals surface area contributed by atoms with E-state index in [-0.39, 0.29) is 25.3 Å². The number of benzene rings is 2. The minimum absolute atomic E-state index is 0.0300. The highest BCUT2D eigenvalue weighted by Crippen LogP contribution is 2.29. The zero-order chi connectivity index (χ0) is 31.4. The lowest BCUT2D eigenvalue weighted by molar-refractivity contribution is -0.141. The fourth-order valence-corrected chi connectivity index (χ4v) is 4.69. The van der Waals surface area contributed by atoms with Crippen LogP contribution in [0.3, 0.4) is 0 Å². The molecule has 2 atom stereocenters. The van der Waals surface area contributed by atoms with Crippen LogP contribution >= 0.6 is 0 Å². The van der Waals surface area contributed by atoms with Gasteiger partial charge in [0.25, 0.3) is 5.91 Å². The molecule has 0 radical (unpaired) electrons. The monoisotopic (exact) mass is 580 g/mol. The second kappa shape index (κ2) is 15.9. The van der Waals surface area contributed by atoms with Gasteiger partial charge >= 0.3 is 6.09 Å². The number of para-hydroxylation sites is 1. The third-order valence-electron chi connectivity index (χ3n) is 6.90. The first-order chi connectivity index (χ1) is 19.7. The van der Waals surface area contributed by atoms with Gasteiger partial charge in [0.2, 0.25) is 11.8 Å². The minimum atomic E-state index is -1.13. The van der Waals surface area contributed by atoms with Crippen molar-refractivity contribution in [3.63, 3.8) is 0 Å². The zero-order valence-electron chi connectivity index (χ0n) is 26.2. The summed E-state index contributed by atoms with van der Waals surface area (Å²) in [5, 5.41) is 5.68. The number of primary amides is 1. The number of nitrogens with one attached hydrogen (secondary N) is 2. The molecule has 4 N–H and O–H groups in total. The first kappa shape index (κ1) is 34.3. The van der Waals surface area contributed by atoms with Gasteiger partial charge in [-0.3, -0.25) is 14.4 Å². The van der Waals surface area contributed by atoms with Crippen LogP contribution in [0.15, 0.2) is 42.5 Å². The SMILES string of the molecule is CCCCCCN(C(=O)C(CCC(N)=O)NC(=O)OC(C)(C)C)C(C(=O)Nc1ccccc1C)c1cc(C)ccc1C. The number of nitrogens with zero attached hydrogens (tertiary/aromatic N) is 1. The molecule has 2 aromatic carbocycles. The molecule has 9 heteroatoms. The molecule has 0 spiro atoms. The van der Waals surface area contributed by atoms with Crippen molar-refractivity contribution in [1.82, 2.24) is 10.2 Å². The summed E-state index contributed by atoms with van der Waals surface area (Å²) in [5.41, 5.74) is 8.65. The lowest BCUT2D eigenvalue weighted by atomic mass is 9.95. The first-order valence-corrected chi connectivity index (χ1v) is 14.8. The zero-order valence-corrected chi connectivity index (χ0v) is 26.2. The van der Waals surface area contributed by atoms with Crippen LogP contribution < -0.4 is 16.4 Å². The highest BCUT2D eigenvalue weighted by atomic mass is 16.6. The fraction of sp³-hybridized carbons (Fsp3) is 0.515. The number of hydrogen-bond acceptors (Lipinski definition) is 5. The van der Waals surface area contributed by atoms with Crippen LogP contribution in [-0.4, -0.2) is 46.9 Å². The summed E-state index contributed by atoms with van der Waals surface area (Å²) in [6, 6.07) is 11.2. The number of ether oxygens (including phenoxy) is 1. The molecule has 0 aromatic heterocycles. The van der Waals surface area contributed by atoms with E-state index in [2.05, 4.69) is 17.6 Å². The van der Waals surface area contributed by atoms with E-state index in [1.807, 2.05) is 63.2 Å². The van der Waals surface area contributed by atoms with E-state index >= 15 is 0 Å². The van der Waals surface area contributed by atoms with Crippen molar-refractivity contribution >= 4 is 29.5 Å². The lowest BCUT2D eigenvalue weighted by Crippen LogP contribution is -2.53. The molecule has 0 aliphatic heterocycles. The van der Waals surface area contributed by atoms with E-state index in [4.69, 9.17) is 10.5 Å². The smallest absolute Gasteiger partial charge is 0.408 e. The topological polar surface area (TPSA) is 131 Å². The summed E-state index contributed by atoms with van der Waals surface area (Å²) >= 11 is 0. The number of anilines is 1. The average Bonchev–Trinajstić information content (AvgIpc) is 2.89. The van der Waals surface area contributed by atoms with E-state index in [9.17, 15) is 19.2 Å². The number of carbonyl (C=O) groups is 4. The van der Waals surface area contributed by atoms with Crippen LogP contribution in [0, 0.1) is 20.8 Å². The number of amides is 4. The second-order valence-corrected chi connectivity index (χ2v) is 11.9. The molecule has 9 nitrogen and oxygen atoms in total. The highest BCUT2D eigenvalue weighted by molar-refractivity contribution is 5.99. The lowest BCUT2D eigenvalue weighted by Gasteiger charge is -2.35. The van der Waals surface area contributed by atoms with Gasteiger partial charge in [-0.1, -0.05) is 68.1 Å². The van der Waals surface area contributed by atoms with Gasteiger partial charge in [0.1, 0.15) is 17.7 Å². The van der Waals surface area contributed by atoms with Gasteiger partial charge in [0.15, 0.2) is 0 Å². The maximum absolute atomic E-state index is 14.4. The van der Waals surface area contributed by atoms with E-state index in [0.717, 1.165) is 36.0 Å². The molecule has 0 saturated carbocycles. The molecule has 2 aromatic rings. The number of rotatable bonds is 14. The maximum Gasteiger partial charge on any atom is 0.408 e. The van der Waals surface area contributed by atoms with Gasteiger partial charge in [0, 0.05) is 18.7 Å². The summed E-state index contributed by atoms with van der Waals surface area (Å²) in [7, 11) is 0. The van der Waals surface area contributed by atoms with Gasteiger partial charge in [-0.2, -0.15) is 0 Å². The van der Waals surface area contributed by atoms with Gasteiger partial charge in [-0.15, -0.1) is 0 Å². The Kier molecular flexibility index (Phi) is 13.0. The molecular formula is C33H48N4O5. The number of carbonyl (C=O) groups excluding carboxylic acids is 4. The van der Waals surface area contributed by atoms with Crippen molar-refractivity contribution in [3.8, 4) is 0 Å². The number of aryl methyl sites for hydroxylation is 3. The Hall–Kier alpha value is -3.88. The van der Waals surface area contributed by atoms with Gasteiger partial charge in [-0.25, -0.2) is 4.79 Å². The summed E-state index contributed by atoms with van der Waals surface area (Å²) in [4.78, 5) is 54.6. The van der Waals surface area contributed by atoms with Crippen molar-refractivity contribution in [2.75, 3.05) is 11.9 Å². The van der Waals surface area contributed by atoms with Crippen molar-refractivity contribution in [3.05, 3.63) is 64.7 Å². The van der Waals surface area contributed by atoms with Crippen LogP contribution in [0.25, 0.3) is 0 Å². The van der Waals surface area contributed by atoms with Crippen LogP contribution in [0.2, 0.25) is 0 Å². The number of alkyl carbamates (subject to hydrolysis) is 1. The van der Waals surface area contributed by atoms with E-state index in [0.29, 0.717) is 17.7 Å². The van der Waals surface area contributed by atoms with Gasteiger partial charge in [-0.05, 0) is 77.1 Å². The van der Waals surface area contributed by atoms with Crippen LogP contribution in [0.4, 0.5) is 10.5 Å². The Labute approximate surface area is 250 Å². The minimum Gasteiger partial charge on any atom is -0.444 e. The first-order valence-electron chi connectivity index (χ1n) is 14.8. The molecule has 2 unspecified atom stereocenters. The summed E-state index contributed by atoms with van der Waals surface area (Å²) < 4.78 is 5.42. The number of hydrogen-bond donors (Lipinski definition) is 3. The Balaban J connectivity index is 2.62. The van der Waals surface area contributed by atoms with Crippen molar-refractivity contribution in [2.24, 2.45) is 5.73 Å². The third kappa shape index (κ3) is 10.8. The van der Waals surface area contributed by atoms with Crippen LogP contribution in [-0.2, 0) is 19.1 Å². The predicted octanol–water partition coefficient (Wildman–Crippen LogP) is 5.86. The molecule has 0 heterocycles. The quantitative estimate of drug-likeness (QED) is 0.241. The molecule has 230 valence electrons. The Morgan fingerprint density at radius 1 is 0.952 bits per heavy atom. The highest BCUT2D eigenvalue weighted by Gasteiger charge is 2.37. The van der Waals surface area contributed by atoms with Gasteiger partial charge < -0.3 is 26.0 Å². The molecule has 4 amide bonds. The number of nitrogens with two attached hydrogens (primary N) is 1. The van der Waals surface area contributed by atoms with Crippen LogP contribution in [0.1, 0.15) is 94.5 Å². The van der Waals surface area contributed by atoms with Crippen molar-refractivity contribution < 1.29 is 23.9 Å². The third-order valence-corrected chi connectivity index (χ3v) is 6.90. The molecule has 0 saturated heterocycles.